The molecule has 19 heavy (non-hydrogen) atoms. The van der Waals surface area contributed by atoms with Crippen molar-refractivity contribution in [1.29, 1.82) is 0 Å². The average molecular weight is 267 g/mol. The van der Waals surface area contributed by atoms with Gasteiger partial charge in [-0.2, -0.15) is 0 Å². The normalized spacial score (nSPS) is 11.1. The molecule has 0 unspecified atom stereocenters. The molecule has 0 heterocycles. The Morgan fingerprint density at radius 1 is 1.21 bits per heavy atom. The Labute approximate surface area is 110 Å². The molecule has 0 radical (unpaired) electrons. The summed E-state index contributed by atoms with van der Waals surface area (Å²) >= 11 is 0. The van der Waals surface area contributed by atoms with Crippen LogP contribution in [0.2, 0.25) is 0 Å². The van der Waals surface area contributed by atoms with Crippen LogP contribution in [0.3, 0.4) is 0 Å². The Kier molecular flexibility index (Phi) is 4.04. The van der Waals surface area contributed by atoms with Crippen LogP contribution in [0.15, 0.2) is 18.2 Å². The van der Waals surface area contributed by atoms with Crippen molar-refractivity contribution >= 4 is 11.9 Å². The standard InChI is InChI=1S/C13H17NO5/c1-4-14(13(2,3)12(18)19)11(17)8-5-6-9(15)10(16)7-8/h5-7,15-16H,4H2,1-3H3,(H,18,19). The first-order valence-electron chi connectivity index (χ1n) is 5.79. The molecule has 0 saturated carbocycles. The van der Waals surface area contributed by atoms with Crippen LogP contribution in [0.5, 0.6) is 11.5 Å². The van der Waals surface area contributed by atoms with E-state index in [2.05, 4.69) is 0 Å². The number of nitrogens with zero attached hydrogens (tertiary/aromatic N) is 1. The minimum absolute atomic E-state index is 0.117. The van der Waals surface area contributed by atoms with Crippen molar-refractivity contribution in [1.82, 2.24) is 4.90 Å². The molecule has 6 heteroatoms. The fourth-order valence-electron chi connectivity index (χ4n) is 1.72. The largest absolute Gasteiger partial charge is 0.504 e. The van der Waals surface area contributed by atoms with Crippen LogP contribution in [-0.4, -0.2) is 44.2 Å². The molecule has 104 valence electrons. The van der Waals surface area contributed by atoms with Gasteiger partial charge in [-0.05, 0) is 39.0 Å². The third kappa shape index (κ3) is 2.78. The number of hydrogen-bond acceptors (Lipinski definition) is 4. The van der Waals surface area contributed by atoms with E-state index in [0.29, 0.717) is 0 Å². The van der Waals surface area contributed by atoms with E-state index in [-0.39, 0.29) is 17.9 Å². The molecule has 0 spiro atoms. The first-order chi connectivity index (χ1) is 8.71. The number of likely N-dealkylation sites (N-methyl/N-ethyl adjacent to an activating group) is 1. The first kappa shape index (κ1) is 14.8. The number of aromatic hydroxyl groups is 2. The van der Waals surface area contributed by atoms with Crippen LogP contribution in [0.4, 0.5) is 0 Å². The Morgan fingerprint density at radius 3 is 2.21 bits per heavy atom. The maximum Gasteiger partial charge on any atom is 0.329 e. The van der Waals surface area contributed by atoms with E-state index in [1.165, 1.54) is 30.9 Å². The quantitative estimate of drug-likeness (QED) is 0.717. The minimum Gasteiger partial charge on any atom is -0.504 e. The van der Waals surface area contributed by atoms with E-state index in [1.54, 1.807) is 6.92 Å². The monoisotopic (exact) mass is 267 g/mol. The second-order valence-electron chi connectivity index (χ2n) is 4.62. The summed E-state index contributed by atoms with van der Waals surface area (Å²) in [4.78, 5) is 24.6. The highest BCUT2D eigenvalue weighted by atomic mass is 16.4. The summed E-state index contributed by atoms with van der Waals surface area (Å²) in [6, 6.07) is 3.63. The summed E-state index contributed by atoms with van der Waals surface area (Å²) in [6.07, 6.45) is 0. The molecule has 0 aliphatic heterocycles. The number of rotatable bonds is 4. The summed E-state index contributed by atoms with van der Waals surface area (Å²) < 4.78 is 0. The molecule has 0 saturated heterocycles. The van der Waals surface area contributed by atoms with Gasteiger partial charge in [0.05, 0.1) is 0 Å². The third-order valence-electron chi connectivity index (χ3n) is 2.98. The van der Waals surface area contributed by atoms with Gasteiger partial charge in [-0.1, -0.05) is 0 Å². The summed E-state index contributed by atoms with van der Waals surface area (Å²) in [5.41, 5.74) is -1.24. The molecule has 0 atom stereocenters. The van der Waals surface area contributed by atoms with Crippen molar-refractivity contribution in [2.45, 2.75) is 26.3 Å². The van der Waals surface area contributed by atoms with Crippen LogP contribution in [-0.2, 0) is 4.79 Å². The zero-order valence-corrected chi connectivity index (χ0v) is 11.0. The van der Waals surface area contributed by atoms with Gasteiger partial charge >= 0.3 is 5.97 Å². The minimum atomic E-state index is -1.36. The second-order valence-corrected chi connectivity index (χ2v) is 4.62. The van der Waals surface area contributed by atoms with Crippen LogP contribution >= 0.6 is 0 Å². The Balaban J connectivity index is 3.15. The average Bonchev–Trinajstić information content (AvgIpc) is 2.32. The number of phenolic OH excluding ortho intramolecular Hbond substituents is 2. The highest BCUT2D eigenvalue weighted by Crippen LogP contribution is 2.27. The van der Waals surface area contributed by atoms with Crippen molar-refractivity contribution in [3.05, 3.63) is 23.8 Å². The van der Waals surface area contributed by atoms with Crippen molar-refractivity contribution in [3.8, 4) is 11.5 Å². The highest BCUT2D eigenvalue weighted by Gasteiger charge is 2.37. The molecular weight excluding hydrogens is 250 g/mol. The maximum atomic E-state index is 12.3. The Bertz CT molecular complexity index is 510. The first-order valence-corrected chi connectivity index (χ1v) is 5.79. The molecule has 3 N–H and O–H groups in total. The number of carboxylic acids is 1. The van der Waals surface area contributed by atoms with Gasteiger partial charge in [-0.3, -0.25) is 4.79 Å². The summed E-state index contributed by atoms with van der Waals surface area (Å²) in [5, 5.41) is 27.7. The lowest BCUT2D eigenvalue weighted by Crippen LogP contribution is -2.52. The number of carbonyl (C=O) groups excluding carboxylic acids is 1. The number of benzene rings is 1. The van der Waals surface area contributed by atoms with Crippen molar-refractivity contribution in [2.24, 2.45) is 0 Å². The lowest BCUT2D eigenvalue weighted by atomic mass is 10.0. The zero-order chi connectivity index (χ0) is 14.8. The molecule has 0 bridgehead atoms. The van der Waals surface area contributed by atoms with Gasteiger partial charge in [0.15, 0.2) is 11.5 Å². The fourth-order valence-corrected chi connectivity index (χ4v) is 1.72. The van der Waals surface area contributed by atoms with Crippen LogP contribution in [0.25, 0.3) is 0 Å². The van der Waals surface area contributed by atoms with Gasteiger partial charge in [-0.15, -0.1) is 0 Å². The molecule has 1 rings (SSSR count). The predicted molar refractivity (Wildman–Crippen MR) is 68.2 cm³/mol. The molecule has 6 nitrogen and oxygen atoms in total. The second kappa shape index (κ2) is 5.17. The van der Waals surface area contributed by atoms with Crippen molar-refractivity contribution in [2.75, 3.05) is 6.54 Å². The predicted octanol–water partition coefficient (Wildman–Crippen LogP) is 1.42. The van der Waals surface area contributed by atoms with E-state index < -0.39 is 23.2 Å². The van der Waals surface area contributed by atoms with Crippen molar-refractivity contribution < 1.29 is 24.9 Å². The summed E-state index contributed by atoms with van der Waals surface area (Å²) in [7, 11) is 0. The molecule has 1 amide bonds. The molecular formula is C13H17NO5. The number of aliphatic carboxylic acids is 1. The molecule has 0 aliphatic rings. The number of hydrogen-bond donors (Lipinski definition) is 3. The molecule has 0 aromatic heterocycles. The smallest absolute Gasteiger partial charge is 0.329 e. The van der Waals surface area contributed by atoms with E-state index >= 15 is 0 Å². The lowest BCUT2D eigenvalue weighted by Gasteiger charge is -2.34. The van der Waals surface area contributed by atoms with Crippen LogP contribution in [0, 0.1) is 0 Å². The maximum absolute atomic E-state index is 12.3. The SMILES string of the molecule is CCN(C(=O)c1ccc(O)c(O)c1)C(C)(C)C(=O)O. The van der Waals surface area contributed by atoms with Gasteiger partial charge in [-0.25, -0.2) is 4.79 Å². The van der Waals surface area contributed by atoms with Crippen LogP contribution < -0.4 is 0 Å². The van der Waals surface area contributed by atoms with E-state index in [0.717, 1.165) is 6.07 Å². The molecule has 1 aromatic carbocycles. The zero-order valence-electron chi connectivity index (χ0n) is 11.0. The number of phenols is 2. The van der Waals surface area contributed by atoms with E-state index in [1.807, 2.05) is 0 Å². The molecule has 0 fully saturated rings. The lowest BCUT2D eigenvalue weighted by molar-refractivity contribution is -0.147. The van der Waals surface area contributed by atoms with Gasteiger partial charge in [0, 0.05) is 12.1 Å². The fraction of sp³-hybridized carbons (Fsp3) is 0.385. The van der Waals surface area contributed by atoms with Crippen LogP contribution in [0.1, 0.15) is 31.1 Å². The Hall–Kier alpha value is -2.24. The van der Waals surface area contributed by atoms with Gasteiger partial charge in [0.2, 0.25) is 0 Å². The highest BCUT2D eigenvalue weighted by molar-refractivity contribution is 5.98. The summed E-state index contributed by atoms with van der Waals surface area (Å²) in [6.45, 7) is 4.73. The van der Waals surface area contributed by atoms with Gasteiger partial charge < -0.3 is 20.2 Å². The number of carbonyl (C=O) groups is 2. The number of amides is 1. The topological polar surface area (TPSA) is 98.1 Å². The third-order valence-corrected chi connectivity index (χ3v) is 2.98. The Morgan fingerprint density at radius 2 is 1.79 bits per heavy atom. The molecule has 0 aliphatic carbocycles. The van der Waals surface area contributed by atoms with E-state index in [4.69, 9.17) is 5.11 Å². The van der Waals surface area contributed by atoms with Gasteiger partial charge in [0.25, 0.3) is 5.91 Å². The van der Waals surface area contributed by atoms with Crippen molar-refractivity contribution in [3.63, 3.8) is 0 Å². The van der Waals surface area contributed by atoms with Gasteiger partial charge in [0.1, 0.15) is 5.54 Å². The number of carboxylic acid groups (broad SMARTS) is 1. The summed E-state index contributed by atoms with van der Waals surface area (Å²) in [5.74, 6) is -2.40. The molecule has 1 aromatic rings. The van der Waals surface area contributed by atoms with E-state index in [9.17, 15) is 19.8 Å².